The number of carboxylic acids is 4. The van der Waals surface area contributed by atoms with Gasteiger partial charge in [-0.3, -0.25) is 9.59 Å². The summed E-state index contributed by atoms with van der Waals surface area (Å²) >= 11 is 0. The van der Waals surface area contributed by atoms with Gasteiger partial charge in [-0.05, 0) is 43.5 Å². The Morgan fingerprint density at radius 1 is 0.786 bits per heavy atom. The SMILES string of the molecule is C=CCCCC.O=C(O)CCCCC(=O)O.O=C(O)c1ccc(C(=O)O)cc1. The molecule has 0 atom stereocenters. The van der Waals surface area contributed by atoms with E-state index in [1.807, 2.05) is 6.08 Å². The molecule has 0 fully saturated rings. The van der Waals surface area contributed by atoms with Crippen molar-refractivity contribution in [3.8, 4) is 0 Å². The molecule has 4 N–H and O–H groups in total. The number of allylic oxidation sites excluding steroid dienone is 1. The van der Waals surface area contributed by atoms with E-state index in [0.717, 1.165) is 0 Å². The number of aromatic carboxylic acids is 2. The Labute approximate surface area is 164 Å². The molecular weight excluding hydrogens is 368 g/mol. The summed E-state index contributed by atoms with van der Waals surface area (Å²) in [5, 5.41) is 33.2. The minimum atomic E-state index is -1.06. The van der Waals surface area contributed by atoms with E-state index in [0.29, 0.717) is 12.8 Å². The summed E-state index contributed by atoms with van der Waals surface area (Å²) in [6.45, 7) is 5.78. The molecule has 0 bridgehead atoms. The highest BCUT2D eigenvalue weighted by Crippen LogP contribution is 2.03. The minimum absolute atomic E-state index is 0.0628. The van der Waals surface area contributed by atoms with Crippen LogP contribution in [-0.2, 0) is 9.59 Å². The number of aliphatic carboxylic acids is 2. The fraction of sp³-hybridized carbons (Fsp3) is 0.400. The predicted molar refractivity (Wildman–Crippen MR) is 104 cm³/mol. The van der Waals surface area contributed by atoms with Crippen LogP contribution in [0.15, 0.2) is 36.9 Å². The van der Waals surface area contributed by atoms with E-state index in [9.17, 15) is 19.2 Å². The number of rotatable bonds is 10. The Hall–Kier alpha value is -3.16. The van der Waals surface area contributed by atoms with Crippen LogP contribution in [0.25, 0.3) is 0 Å². The van der Waals surface area contributed by atoms with E-state index in [2.05, 4.69) is 13.5 Å². The summed E-state index contributed by atoms with van der Waals surface area (Å²) in [4.78, 5) is 40.5. The molecule has 1 rings (SSSR count). The summed E-state index contributed by atoms with van der Waals surface area (Å²) in [6.07, 6.45) is 6.74. The first-order valence-corrected chi connectivity index (χ1v) is 8.76. The summed E-state index contributed by atoms with van der Waals surface area (Å²) in [7, 11) is 0. The average Bonchev–Trinajstić information content (AvgIpc) is 2.64. The van der Waals surface area contributed by atoms with Crippen molar-refractivity contribution in [3.05, 3.63) is 48.0 Å². The van der Waals surface area contributed by atoms with Crippen LogP contribution in [0.1, 0.15) is 72.6 Å². The molecule has 1 aromatic rings. The summed E-state index contributed by atoms with van der Waals surface area (Å²) in [5.41, 5.74) is 0.167. The maximum Gasteiger partial charge on any atom is 0.335 e. The Kier molecular flexibility index (Phi) is 16.7. The van der Waals surface area contributed by atoms with Crippen LogP contribution in [0.2, 0.25) is 0 Å². The van der Waals surface area contributed by atoms with Gasteiger partial charge in [0, 0.05) is 12.8 Å². The second-order valence-electron chi connectivity index (χ2n) is 5.61. The summed E-state index contributed by atoms with van der Waals surface area (Å²) in [6, 6.07) is 5.02. The molecule has 0 aliphatic rings. The Bertz CT molecular complexity index is 571. The third-order valence-electron chi connectivity index (χ3n) is 3.17. The molecule has 0 amide bonds. The topological polar surface area (TPSA) is 149 Å². The maximum atomic E-state index is 10.3. The van der Waals surface area contributed by atoms with Crippen LogP contribution in [0.4, 0.5) is 0 Å². The number of benzene rings is 1. The number of carbonyl (C=O) groups is 4. The third kappa shape index (κ3) is 17.7. The van der Waals surface area contributed by atoms with Crippen molar-refractivity contribution in [1.82, 2.24) is 0 Å². The van der Waals surface area contributed by atoms with Crippen molar-refractivity contribution in [3.63, 3.8) is 0 Å². The van der Waals surface area contributed by atoms with Gasteiger partial charge in [0.05, 0.1) is 11.1 Å². The normalized spacial score (nSPS) is 9.04. The van der Waals surface area contributed by atoms with Gasteiger partial charge >= 0.3 is 23.9 Å². The lowest BCUT2D eigenvalue weighted by Crippen LogP contribution is -1.99. The van der Waals surface area contributed by atoms with Crippen LogP contribution >= 0.6 is 0 Å². The average molecular weight is 396 g/mol. The molecule has 1 aromatic carbocycles. The molecule has 156 valence electrons. The largest absolute Gasteiger partial charge is 0.481 e. The molecule has 28 heavy (non-hydrogen) atoms. The number of carboxylic acid groups (broad SMARTS) is 4. The van der Waals surface area contributed by atoms with Crippen LogP contribution in [0, 0.1) is 0 Å². The van der Waals surface area contributed by atoms with Crippen LogP contribution in [-0.4, -0.2) is 44.3 Å². The van der Waals surface area contributed by atoms with E-state index in [4.69, 9.17) is 20.4 Å². The van der Waals surface area contributed by atoms with Crippen molar-refractivity contribution in [2.24, 2.45) is 0 Å². The fourth-order valence-corrected chi connectivity index (χ4v) is 1.66. The van der Waals surface area contributed by atoms with E-state index in [1.165, 1.54) is 43.5 Å². The highest BCUT2D eigenvalue weighted by atomic mass is 16.4. The van der Waals surface area contributed by atoms with Gasteiger partial charge < -0.3 is 20.4 Å². The Morgan fingerprint density at radius 3 is 1.32 bits per heavy atom. The van der Waals surface area contributed by atoms with E-state index >= 15 is 0 Å². The lowest BCUT2D eigenvalue weighted by molar-refractivity contribution is -0.139. The predicted octanol–water partition coefficient (Wildman–Crippen LogP) is 4.16. The lowest BCUT2D eigenvalue weighted by Gasteiger charge is -1.94. The summed E-state index contributed by atoms with van der Waals surface area (Å²) < 4.78 is 0. The fourth-order valence-electron chi connectivity index (χ4n) is 1.66. The zero-order valence-corrected chi connectivity index (χ0v) is 16.0. The van der Waals surface area contributed by atoms with Crippen molar-refractivity contribution in [1.29, 1.82) is 0 Å². The van der Waals surface area contributed by atoms with Gasteiger partial charge in [0.15, 0.2) is 0 Å². The first-order chi connectivity index (χ1) is 13.1. The zero-order chi connectivity index (χ0) is 21.9. The molecule has 0 saturated carbocycles. The van der Waals surface area contributed by atoms with Crippen molar-refractivity contribution >= 4 is 23.9 Å². The van der Waals surface area contributed by atoms with Crippen molar-refractivity contribution in [2.45, 2.75) is 51.9 Å². The van der Waals surface area contributed by atoms with E-state index in [1.54, 1.807) is 0 Å². The molecule has 0 saturated heterocycles. The monoisotopic (exact) mass is 396 g/mol. The van der Waals surface area contributed by atoms with Gasteiger partial charge in [-0.25, -0.2) is 9.59 Å². The van der Waals surface area contributed by atoms with Gasteiger partial charge in [-0.15, -0.1) is 6.58 Å². The minimum Gasteiger partial charge on any atom is -0.481 e. The van der Waals surface area contributed by atoms with Crippen LogP contribution < -0.4 is 0 Å². The second kappa shape index (κ2) is 17.3. The molecule has 0 heterocycles. The molecule has 0 radical (unpaired) electrons. The second-order valence-corrected chi connectivity index (χ2v) is 5.61. The number of unbranched alkanes of at least 4 members (excludes halogenated alkanes) is 3. The van der Waals surface area contributed by atoms with Gasteiger partial charge in [0.1, 0.15) is 0 Å². The standard InChI is InChI=1S/C8H6O4.C6H10O4.C6H12/c9-7(10)5-1-2-6(4-3-5)8(11)12;7-5(8)3-1-2-4-6(9)10;1-3-5-6-4-2/h1-4H,(H,9,10)(H,11,12);1-4H2,(H,7,8)(H,9,10);3H,1,4-6H2,2H3. The molecule has 0 unspecified atom stereocenters. The first kappa shape index (κ1) is 27.1. The Balaban J connectivity index is 0. The van der Waals surface area contributed by atoms with Crippen LogP contribution in [0.3, 0.4) is 0 Å². The highest BCUT2D eigenvalue weighted by molar-refractivity contribution is 5.91. The molecule has 0 aromatic heterocycles. The smallest absolute Gasteiger partial charge is 0.335 e. The Morgan fingerprint density at radius 2 is 1.14 bits per heavy atom. The first-order valence-electron chi connectivity index (χ1n) is 8.76. The highest BCUT2D eigenvalue weighted by Gasteiger charge is 2.04. The van der Waals surface area contributed by atoms with Gasteiger partial charge in [0.25, 0.3) is 0 Å². The van der Waals surface area contributed by atoms with Crippen molar-refractivity contribution in [2.75, 3.05) is 0 Å². The zero-order valence-electron chi connectivity index (χ0n) is 16.0. The van der Waals surface area contributed by atoms with E-state index in [-0.39, 0.29) is 24.0 Å². The van der Waals surface area contributed by atoms with Gasteiger partial charge in [-0.2, -0.15) is 0 Å². The van der Waals surface area contributed by atoms with E-state index < -0.39 is 23.9 Å². The maximum absolute atomic E-state index is 10.3. The lowest BCUT2D eigenvalue weighted by atomic mass is 10.1. The number of hydrogen-bond acceptors (Lipinski definition) is 4. The molecule has 0 aliphatic carbocycles. The quantitative estimate of drug-likeness (QED) is 0.340. The van der Waals surface area contributed by atoms with Gasteiger partial charge in [0.2, 0.25) is 0 Å². The van der Waals surface area contributed by atoms with Crippen LogP contribution in [0.5, 0.6) is 0 Å². The van der Waals surface area contributed by atoms with Crippen molar-refractivity contribution < 1.29 is 39.6 Å². The third-order valence-corrected chi connectivity index (χ3v) is 3.17. The summed E-state index contributed by atoms with van der Waals surface area (Å²) in [5.74, 6) is -3.87. The number of hydrogen-bond donors (Lipinski definition) is 4. The molecule has 8 heteroatoms. The molecule has 0 aliphatic heterocycles. The van der Waals surface area contributed by atoms with Gasteiger partial charge in [-0.1, -0.05) is 25.8 Å². The molecule has 0 spiro atoms. The molecule has 8 nitrogen and oxygen atoms in total. The molecular formula is C20H28O8.